The van der Waals surface area contributed by atoms with Crippen molar-refractivity contribution in [2.75, 3.05) is 26.2 Å². The number of nitrogens with zero attached hydrogens (tertiary/aromatic N) is 1. The number of rotatable bonds is 22. The number of unbranched alkanes of at least 4 members (excludes halogenated alkanes) is 6. The van der Waals surface area contributed by atoms with Crippen molar-refractivity contribution < 1.29 is 27.2 Å². The summed E-state index contributed by atoms with van der Waals surface area (Å²) in [6.45, 7) is 20.2. The Morgan fingerprint density at radius 2 is 1.28 bits per heavy atom. The molecule has 7 heteroatoms. The van der Waals surface area contributed by atoms with E-state index >= 15 is 4.39 Å². The molecule has 244 valence electrons. The van der Waals surface area contributed by atoms with Gasteiger partial charge in [-0.2, -0.15) is 6.42 Å². The fraction of sp³-hybridized carbons (Fsp3) is 0.639. The predicted octanol–water partition coefficient (Wildman–Crippen LogP) is 10.9. The lowest BCUT2D eigenvalue weighted by molar-refractivity contribution is -0.957. The van der Waals surface area contributed by atoms with Crippen molar-refractivity contribution in [1.82, 2.24) is 0 Å². The Morgan fingerprint density at radius 1 is 0.698 bits per heavy atom. The summed E-state index contributed by atoms with van der Waals surface area (Å²) < 4.78 is 48.8. The Kier molecular flexibility index (Phi) is 21.1. The zero-order valence-corrected chi connectivity index (χ0v) is 28.1. The van der Waals surface area contributed by atoms with E-state index in [1.165, 1.54) is 31.4 Å². The summed E-state index contributed by atoms with van der Waals surface area (Å²) in [7, 11) is -1.26. The standard InChI is InChI=1S/C30H47BF2NO3.C6H13/c1-6-11-12-15-24-35-31(36-28-19-14-13-18-26(28)32)37-29-20-16-17-25(30(29)33)27(10-5)34(21-7-2,22-8-3)23-9-4;1-3-5-6-4-2/h13-14,16-20,27H,6-12,15,21-24H2,1-5H3;1,3-6H2,2H3/q+1;-1. The molecule has 0 saturated heterocycles. The van der Waals surface area contributed by atoms with Crippen LogP contribution >= 0.6 is 0 Å². The number of para-hydroxylation sites is 1. The quantitative estimate of drug-likeness (QED) is 0.0580. The SMILES string of the molecule is CCCCCCOB(Oc1ccccc1F)Oc1cccc(C(CC)[N+](CCC)(CCC)CCC)c1F.[CH2-]CCCCC. The zero-order valence-electron chi connectivity index (χ0n) is 28.1. The van der Waals surface area contributed by atoms with E-state index in [1.807, 2.05) is 12.1 Å². The van der Waals surface area contributed by atoms with Crippen LogP contribution in [0, 0.1) is 18.6 Å². The second kappa shape index (κ2) is 23.3. The Bertz CT molecular complexity index is 956. The maximum atomic E-state index is 16.1. The number of quaternary nitrogens is 1. The van der Waals surface area contributed by atoms with Crippen LogP contribution in [0.3, 0.4) is 0 Å². The van der Waals surface area contributed by atoms with Crippen molar-refractivity contribution in [2.24, 2.45) is 0 Å². The van der Waals surface area contributed by atoms with Crippen LogP contribution in [0.2, 0.25) is 0 Å². The molecule has 0 aromatic heterocycles. The van der Waals surface area contributed by atoms with Crippen LogP contribution in [0.5, 0.6) is 11.5 Å². The molecule has 2 aromatic carbocycles. The molecule has 0 aliphatic carbocycles. The smallest absolute Gasteiger partial charge is 0.498 e. The van der Waals surface area contributed by atoms with Crippen molar-refractivity contribution in [3.05, 3.63) is 66.6 Å². The average Bonchev–Trinajstić information content (AvgIpc) is 3.00. The van der Waals surface area contributed by atoms with Gasteiger partial charge in [-0.1, -0.05) is 98.3 Å². The Hall–Kier alpha value is -2.12. The first kappa shape index (κ1) is 38.9. The summed E-state index contributed by atoms with van der Waals surface area (Å²) in [6, 6.07) is 11.4. The van der Waals surface area contributed by atoms with E-state index in [9.17, 15) is 4.39 Å². The molecule has 0 saturated carbocycles. The molecule has 4 nitrogen and oxygen atoms in total. The first-order chi connectivity index (χ1) is 20.9. The van der Waals surface area contributed by atoms with Crippen molar-refractivity contribution in [2.45, 2.75) is 125 Å². The highest BCUT2D eigenvalue weighted by molar-refractivity contribution is 6.38. The topological polar surface area (TPSA) is 27.7 Å². The van der Waals surface area contributed by atoms with Gasteiger partial charge < -0.3 is 25.4 Å². The molecule has 0 fully saturated rings. The second-order valence-electron chi connectivity index (χ2n) is 11.4. The van der Waals surface area contributed by atoms with Gasteiger partial charge >= 0.3 is 7.32 Å². The van der Waals surface area contributed by atoms with E-state index in [2.05, 4.69) is 48.5 Å². The van der Waals surface area contributed by atoms with Gasteiger partial charge in [-0.15, -0.1) is 0 Å². The Labute approximate surface area is 263 Å². The maximum Gasteiger partial charge on any atom is 0.788 e. The van der Waals surface area contributed by atoms with Crippen molar-refractivity contribution >= 4 is 7.32 Å². The fourth-order valence-electron chi connectivity index (χ4n) is 5.89. The molecule has 0 N–H and O–H groups in total. The summed E-state index contributed by atoms with van der Waals surface area (Å²) in [4.78, 5) is 0. The highest BCUT2D eigenvalue weighted by Gasteiger charge is 2.38. The molecule has 0 aliphatic rings. The molecule has 1 unspecified atom stereocenters. The van der Waals surface area contributed by atoms with Crippen molar-refractivity contribution in [1.29, 1.82) is 0 Å². The molecule has 0 bridgehead atoms. The molecular formula is C36H60BF2NO3. The monoisotopic (exact) mass is 603 g/mol. The Morgan fingerprint density at radius 3 is 1.81 bits per heavy atom. The maximum absolute atomic E-state index is 16.1. The summed E-state index contributed by atoms with van der Waals surface area (Å²) in [5.41, 5.74) is 0.655. The largest absolute Gasteiger partial charge is 0.788 e. The average molecular weight is 604 g/mol. The van der Waals surface area contributed by atoms with Gasteiger partial charge in [-0.25, -0.2) is 8.78 Å². The van der Waals surface area contributed by atoms with Crippen LogP contribution in [0.25, 0.3) is 0 Å². The molecule has 2 rings (SSSR count). The van der Waals surface area contributed by atoms with Gasteiger partial charge in [0.1, 0.15) is 17.5 Å². The van der Waals surface area contributed by atoms with Gasteiger partial charge in [0.05, 0.1) is 19.6 Å². The van der Waals surface area contributed by atoms with Crippen LogP contribution in [0.1, 0.15) is 130 Å². The number of hydrogen-bond acceptors (Lipinski definition) is 3. The molecule has 1 atom stereocenters. The van der Waals surface area contributed by atoms with Gasteiger partial charge in [-0.05, 0) is 49.9 Å². The molecular weight excluding hydrogens is 543 g/mol. The third-order valence-corrected chi connectivity index (χ3v) is 7.80. The summed E-state index contributed by atoms with van der Waals surface area (Å²) in [5, 5.41) is 0. The van der Waals surface area contributed by atoms with Crippen LogP contribution in [-0.4, -0.2) is 38.0 Å². The minimum absolute atomic E-state index is 0.00794. The predicted molar refractivity (Wildman–Crippen MR) is 178 cm³/mol. The minimum Gasteiger partial charge on any atom is -0.498 e. The molecule has 0 amide bonds. The number of benzene rings is 2. The van der Waals surface area contributed by atoms with E-state index in [1.54, 1.807) is 18.2 Å². The first-order valence-corrected chi connectivity index (χ1v) is 17.0. The number of hydrogen-bond donors (Lipinski definition) is 0. The molecule has 0 spiro atoms. The summed E-state index contributed by atoms with van der Waals surface area (Å²) >= 11 is 0. The van der Waals surface area contributed by atoms with Gasteiger partial charge in [0, 0.05) is 18.6 Å². The number of halogens is 2. The Balaban J connectivity index is 0.00000139. The minimum atomic E-state index is -1.26. The van der Waals surface area contributed by atoms with Crippen LogP contribution in [-0.2, 0) is 4.65 Å². The van der Waals surface area contributed by atoms with Crippen LogP contribution in [0.15, 0.2) is 42.5 Å². The molecule has 43 heavy (non-hydrogen) atoms. The van der Waals surface area contributed by atoms with E-state index in [0.717, 1.165) is 81.9 Å². The highest BCUT2D eigenvalue weighted by atomic mass is 19.1. The lowest BCUT2D eigenvalue weighted by Gasteiger charge is -2.45. The van der Waals surface area contributed by atoms with E-state index < -0.39 is 19.0 Å². The van der Waals surface area contributed by atoms with Gasteiger partial charge in [-0.3, -0.25) is 0 Å². The van der Waals surface area contributed by atoms with Gasteiger partial charge in [0.25, 0.3) is 0 Å². The molecule has 0 radical (unpaired) electrons. The lowest BCUT2D eigenvalue weighted by Crippen LogP contribution is -2.52. The normalized spacial score (nSPS) is 11.9. The van der Waals surface area contributed by atoms with Crippen LogP contribution < -0.4 is 9.31 Å². The van der Waals surface area contributed by atoms with E-state index in [0.29, 0.717) is 12.2 Å². The second-order valence-corrected chi connectivity index (χ2v) is 11.4. The third kappa shape index (κ3) is 13.6. The zero-order chi connectivity index (χ0) is 31.9. The third-order valence-electron chi connectivity index (χ3n) is 7.80. The van der Waals surface area contributed by atoms with Crippen molar-refractivity contribution in [3.8, 4) is 11.5 Å². The van der Waals surface area contributed by atoms with E-state index in [4.69, 9.17) is 14.0 Å². The van der Waals surface area contributed by atoms with E-state index in [-0.39, 0.29) is 17.5 Å². The first-order valence-electron chi connectivity index (χ1n) is 17.0. The summed E-state index contributed by atoms with van der Waals surface area (Å²) in [5.74, 6) is -0.842. The highest BCUT2D eigenvalue weighted by Crippen LogP contribution is 2.37. The lowest BCUT2D eigenvalue weighted by atomic mass is 9.96. The molecule has 0 heterocycles. The van der Waals surface area contributed by atoms with Crippen LogP contribution in [0.4, 0.5) is 8.78 Å². The fourth-order valence-corrected chi connectivity index (χ4v) is 5.89. The molecule has 2 aromatic rings. The van der Waals surface area contributed by atoms with Gasteiger partial charge in [0.15, 0.2) is 11.6 Å². The van der Waals surface area contributed by atoms with Gasteiger partial charge in [0.2, 0.25) is 0 Å². The summed E-state index contributed by atoms with van der Waals surface area (Å²) in [6.07, 6.45) is 13.1. The molecule has 0 aliphatic heterocycles. The van der Waals surface area contributed by atoms with Crippen molar-refractivity contribution in [3.63, 3.8) is 0 Å².